The molecule has 2 aromatic carbocycles. The largest absolute Gasteiger partial charge is 0.465 e. The van der Waals surface area contributed by atoms with Crippen LogP contribution in [0.5, 0.6) is 0 Å². The first-order valence-electron chi connectivity index (χ1n) is 7.18. The predicted molar refractivity (Wildman–Crippen MR) is 92.9 cm³/mol. The number of carbonyl (C=O) groups excluding carboxylic acids is 2. The lowest BCUT2D eigenvalue weighted by atomic mass is 10.1. The van der Waals surface area contributed by atoms with Gasteiger partial charge < -0.3 is 10.1 Å². The van der Waals surface area contributed by atoms with Gasteiger partial charge in [-0.15, -0.1) is 0 Å². The summed E-state index contributed by atoms with van der Waals surface area (Å²) in [4.78, 5) is 23.4. The number of carbonyl (C=O) groups is 2. The van der Waals surface area contributed by atoms with Crippen molar-refractivity contribution in [2.24, 2.45) is 0 Å². The number of thiocarbonyl (C=S) groups is 1. The van der Waals surface area contributed by atoms with E-state index in [1.165, 1.54) is 43.5 Å². The molecule has 0 unspecified atom stereocenters. The van der Waals surface area contributed by atoms with Crippen molar-refractivity contribution in [3.05, 3.63) is 65.2 Å². The molecule has 9 heteroatoms. The van der Waals surface area contributed by atoms with Crippen LogP contribution in [0.3, 0.4) is 0 Å². The first-order chi connectivity index (χ1) is 12.2. The maximum absolute atomic E-state index is 12.7. The summed E-state index contributed by atoms with van der Waals surface area (Å²) < 4.78 is 42.6. The second-order valence-corrected chi connectivity index (χ2v) is 5.46. The van der Waals surface area contributed by atoms with Gasteiger partial charge in [-0.25, -0.2) is 4.79 Å². The van der Waals surface area contributed by atoms with Gasteiger partial charge in [0, 0.05) is 11.3 Å². The summed E-state index contributed by atoms with van der Waals surface area (Å²) in [5.41, 5.74) is -0.263. The van der Waals surface area contributed by atoms with Crippen LogP contribution in [0.1, 0.15) is 26.3 Å². The van der Waals surface area contributed by atoms with Gasteiger partial charge >= 0.3 is 12.1 Å². The van der Waals surface area contributed by atoms with E-state index in [2.05, 4.69) is 15.4 Å². The molecule has 2 aromatic rings. The molecule has 2 N–H and O–H groups in total. The van der Waals surface area contributed by atoms with E-state index in [0.29, 0.717) is 0 Å². The zero-order valence-electron chi connectivity index (χ0n) is 13.4. The van der Waals surface area contributed by atoms with Gasteiger partial charge in [0.15, 0.2) is 5.11 Å². The summed E-state index contributed by atoms with van der Waals surface area (Å²) >= 11 is 4.94. The first kappa shape index (κ1) is 19.4. The Labute approximate surface area is 152 Å². The highest BCUT2D eigenvalue weighted by Crippen LogP contribution is 2.30. The maximum Gasteiger partial charge on any atom is 0.416 e. The topological polar surface area (TPSA) is 67.4 Å². The van der Waals surface area contributed by atoms with Crippen LogP contribution < -0.4 is 10.6 Å². The van der Waals surface area contributed by atoms with E-state index < -0.39 is 23.6 Å². The van der Waals surface area contributed by atoms with Crippen LogP contribution in [-0.4, -0.2) is 24.1 Å². The number of amides is 1. The molecule has 1 amide bonds. The van der Waals surface area contributed by atoms with Crippen LogP contribution in [0.25, 0.3) is 0 Å². The maximum atomic E-state index is 12.7. The molecule has 5 nitrogen and oxygen atoms in total. The molecule has 0 heterocycles. The minimum Gasteiger partial charge on any atom is -0.465 e. The van der Waals surface area contributed by atoms with Crippen molar-refractivity contribution in [1.29, 1.82) is 0 Å². The predicted octanol–water partition coefficient (Wildman–Crippen LogP) is 3.62. The van der Waals surface area contributed by atoms with Crippen LogP contribution >= 0.6 is 12.2 Å². The van der Waals surface area contributed by atoms with Crippen LogP contribution in [0, 0.1) is 0 Å². The molecule has 0 saturated heterocycles. The number of benzene rings is 2. The lowest BCUT2D eigenvalue weighted by Gasteiger charge is -2.12. The Morgan fingerprint density at radius 3 is 2.23 bits per heavy atom. The average molecular weight is 382 g/mol. The van der Waals surface area contributed by atoms with Crippen molar-refractivity contribution in [2.75, 3.05) is 12.4 Å². The molecule has 0 aromatic heterocycles. The summed E-state index contributed by atoms with van der Waals surface area (Å²) in [5.74, 6) is -1.12. The molecule has 0 aliphatic carbocycles. The van der Waals surface area contributed by atoms with E-state index in [9.17, 15) is 22.8 Å². The molecular formula is C17H13F3N2O3S. The second-order valence-electron chi connectivity index (χ2n) is 5.06. The van der Waals surface area contributed by atoms with Crippen molar-refractivity contribution >= 4 is 34.9 Å². The Kier molecular flexibility index (Phi) is 5.93. The highest BCUT2D eigenvalue weighted by Gasteiger charge is 2.30. The smallest absolute Gasteiger partial charge is 0.416 e. The normalized spacial score (nSPS) is 10.8. The molecule has 136 valence electrons. The molecule has 0 spiro atoms. The Morgan fingerprint density at radius 1 is 1.04 bits per heavy atom. The zero-order valence-corrected chi connectivity index (χ0v) is 14.2. The molecule has 0 radical (unpaired) electrons. The third-order valence-electron chi connectivity index (χ3n) is 3.24. The SMILES string of the molecule is COC(=O)c1ccc(C(=O)NC(=S)Nc2cccc(C(F)(F)F)c2)cc1. The van der Waals surface area contributed by atoms with Gasteiger partial charge in [0.1, 0.15) is 0 Å². The third-order valence-corrected chi connectivity index (χ3v) is 3.45. The van der Waals surface area contributed by atoms with Crippen LogP contribution in [0.4, 0.5) is 18.9 Å². The zero-order chi connectivity index (χ0) is 19.3. The third kappa shape index (κ3) is 5.03. The number of hydrogen-bond donors (Lipinski definition) is 2. The van der Waals surface area contributed by atoms with E-state index in [1.54, 1.807) is 0 Å². The summed E-state index contributed by atoms with van der Waals surface area (Å²) in [7, 11) is 1.24. The number of esters is 1. The number of ether oxygens (including phenoxy) is 1. The Bertz CT molecular complexity index is 836. The fourth-order valence-electron chi connectivity index (χ4n) is 1.99. The van der Waals surface area contributed by atoms with Gasteiger partial charge in [0.05, 0.1) is 18.2 Å². The Balaban J connectivity index is 2.01. The molecule has 0 aliphatic rings. The fraction of sp³-hybridized carbons (Fsp3) is 0.118. The number of nitrogens with one attached hydrogen (secondary N) is 2. The molecule has 26 heavy (non-hydrogen) atoms. The Morgan fingerprint density at radius 2 is 1.65 bits per heavy atom. The van der Waals surface area contributed by atoms with Crippen molar-refractivity contribution in [3.63, 3.8) is 0 Å². The number of anilines is 1. The molecule has 0 bridgehead atoms. The molecular weight excluding hydrogens is 369 g/mol. The number of rotatable bonds is 3. The summed E-state index contributed by atoms with van der Waals surface area (Å²) in [6, 6.07) is 10.0. The van der Waals surface area contributed by atoms with Gasteiger partial charge in [-0.05, 0) is 54.7 Å². The minimum atomic E-state index is -4.48. The minimum absolute atomic E-state index is 0.0890. The summed E-state index contributed by atoms with van der Waals surface area (Å²) in [6.07, 6.45) is -4.48. The standard InChI is InChI=1S/C17H13F3N2O3S/c1-25-15(24)11-7-5-10(6-8-11)14(23)22-16(26)21-13-4-2-3-12(9-13)17(18,19)20/h2-9H,1H3,(H2,21,22,23,26). The van der Waals surface area contributed by atoms with Crippen LogP contribution in [0.15, 0.2) is 48.5 Å². The van der Waals surface area contributed by atoms with E-state index >= 15 is 0 Å². The Hall–Kier alpha value is -2.94. The number of halogens is 3. The molecule has 0 saturated carbocycles. The molecule has 2 rings (SSSR count). The molecule has 0 fully saturated rings. The number of methoxy groups -OCH3 is 1. The number of hydrogen-bond acceptors (Lipinski definition) is 4. The van der Waals surface area contributed by atoms with E-state index in [-0.39, 0.29) is 21.9 Å². The fourth-order valence-corrected chi connectivity index (χ4v) is 2.20. The monoisotopic (exact) mass is 382 g/mol. The van der Waals surface area contributed by atoms with Crippen molar-refractivity contribution in [3.8, 4) is 0 Å². The van der Waals surface area contributed by atoms with Crippen LogP contribution in [-0.2, 0) is 10.9 Å². The van der Waals surface area contributed by atoms with E-state index in [0.717, 1.165) is 12.1 Å². The highest BCUT2D eigenvalue weighted by molar-refractivity contribution is 7.80. The first-order valence-corrected chi connectivity index (χ1v) is 7.59. The van der Waals surface area contributed by atoms with Crippen molar-refractivity contribution in [2.45, 2.75) is 6.18 Å². The van der Waals surface area contributed by atoms with E-state index in [4.69, 9.17) is 12.2 Å². The van der Waals surface area contributed by atoms with Gasteiger partial charge in [-0.3, -0.25) is 10.1 Å². The quantitative estimate of drug-likeness (QED) is 0.627. The lowest BCUT2D eigenvalue weighted by Crippen LogP contribution is -2.34. The van der Waals surface area contributed by atoms with E-state index in [1.807, 2.05) is 0 Å². The number of alkyl halides is 3. The molecule has 0 aliphatic heterocycles. The van der Waals surface area contributed by atoms with Gasteiger partial charge in [-0.1, -0.05) is 6.07 Å². The van der Waals surface area contributed by atoms with Crippen molar-refractivity contribution < 1.29 is 27.5 Å². The molecule has 0 atom stereocenters. The highest BCUT2D eigenvalue weighted by atomic mass is 32.1. The second kappa shape index (κ2) is 7.96. The van der Waals surface area contributed by atoms with Gasteiger partial charge in [0.2, 0.25) is 0 Å². The van der Waals surface area contributed by atoms with Gasteiger partial charge in [0.25, 0.3) is 5.91 Å². The van der Waals surface area contributed by atoms with Crippen molar-refractivity contribution in [1.82, 2.24) is 5.32 Å². The van der Waals surface area contributed by atoms with Crippen LogP contribution in [0.2, 0.25) is 0 Å². The van der Waals surface area contributed by atoms with Gasteiger partial charge in [-0.2, -0.15) is 13.2 Å². The summed E-state index contributed by atoms with van der Waals surface area (Å²) in [6.45, 7) is 0. The lowest BCUT2D eigenvalue weighted by molar-refractivity contribution is -0.137. The average Bonchev–Trinajstić information content (AvgIpc) is 2.60. The summed E-state index contributed by atoms with van der Waals surface area (Å²) in [5, 5.41) is 4.71.